The van der Waals surface area contributed by atoms with Crippen LogP contribution < -0.4 is 0 Å². The molecule has 0 aliphatic heterocycles. The van der Waals surface area contributed by atoms with Crippen molar-refractivity contribution in [2.45, 2.75) is 32.2 Å². The Kier molecular flexibility index (Phi) is 4.06. The van der Waals surface area contributed by atoms with Crippen molar-refractivity contribution in [2.24, 2.45) is 11.8 Å². The van der Waals surface area contributed by atoms with E-state index in [0.717, 1.165) is 23.9 Å². The number of esters is 1. The van der Waals surface area contributed by atoms with Crippen LogP contribution in [0.4, 0.5) is 0 Å². The van der Waals surface area contributed by atoms with Gasteiger partial charge >= 0.3 is 5.97 Å². The maximum absolute atomic E-state index is 11.8. The molecule has 2 fully saturated rings. The Morgan fingerprint density at radius 1 is 1.15 bits per heavy atom. The Morgan fingerprint density at radius 2 is 1.75 bits per heavy atom. The molecule has 0 aromatic heterocycles. The van der Waals surface area contributed by atoms with E-state index in [4.69, 9.17) is 4.74 Å². The average Bonchev–Trinajstić information content (AvgIpc) is 3.35. The van der Waals surface area contributed by atoms with Crippen molar-refractivity contribution in [3.8, 4) is 0 Å². The van der Waals surface area contributed by atoms with E-state index in [9.17, 15) is 4.79 Å². The van der Waals surface area contributed by atoms with Crippen LogP contribution in [0, 0.1) is 11.8 Å². The molecule has 3 heteroatoms. The second kappa shape index (κ2) is 5.96. The van der Waals surface area contributed by atoms with Gasteiger partial charge in [0.15, 0.2) is 0 Å². The predicted molar refractivity (Wildman–Crippen MR) is 78.5 cm³/mol. The molecule has 0 heterocycles. The fraction of sp³-hybridized carbons (Fsp3) is 0.588. The van der Waals surface area contributed by atoms with Crippen LogP contribution in [0.1, 0.15) is 41.6 Å². The van der Waals surface area contributed by atoms with Crippen molar-refractivity contribution < 1.29 is 9.53 Å². The number of rotatable bonds is 7. The van der Waals surface area contributed by atoms with E-state index in [1.54, 1.807) is 0 Å². The number of carbonyl (C=O) groups is 1. The number of carbonyl (C=O) groups excluding carboxylic acids is 1. The first kappa shape index (κ1) is 13.6. The zero-order chi connectivity index (χ0) is 13.9. The Morgan fingerprint density at radius 3 is 2.30 bits per heavy atom. The lowest BCUT2D eigenvalue weighted by Crippen LogP contribution is -2.28. The van der Waals surface area contributed by atoms with E-state index < -0.39 is 0 Å². The SMILES string of the molecule is COC(=O)c1ccccc1CN(CC1CC1)CC1CC1. The van der Waals surface area contributed by atoms with Crippen molar-refractivity contribution in [1.29, 1.82) is 0 Å². The van der Waals surface area contributed by atoms with Crippen LogP contribution in [0.5, 0.6) is 0 Å². The topological polar surface area (TPSA) is 29.5 Å². The highest BCUT2D eigenvalue weighted by Crippen LogP contribution is 2.34. The average molecular weight is 273 g/mol. The van der Waals surface area contributed by atoms with E-state index in [2.05, 4.69) is 11.0 Å². The van der Waals surface area contributed by atoms with Gasteiger partial charge in [0, 0.05) is 19.6 Å². The molecule has 2 saturated carbocycles. The normalized spacial score (nSPS) is 18.3. The molecule has 0 unspecified atom stereocenters. The van der Waals surface area contributed by atoms with Gasteiger partial charge in [-0.1, -0.05) is 18.2 Å². The molecule has 2 aliphatic rings. The maximum Gasteiger partial charge on any atom is 0.338 e. The fourth-order valence-electron chi connectivity index (χ4n) is 2.74. The number of ether oxygens (including phenoxy) is 1. The summed E-state index contributed by atoms with van der Waals surface area (Å²) in [6.45, 7) is 3.25. The number of nitrogens with zero attached hydrogens (tertiary/aromatic N) is 1. The molecule has 3 rings (SSSR count). The molecular formula is C17H23NO2. The van der Waals surface area contributed by atoms with Crippen molar-refractivity contribution >= 4 is 5.97 Å². The molecule has 0 atom stereocenters. The number of hydrogen-bond donors (Lipinski definition) is 0. The Hall–Kier alpha value is -1.35. The lowest BCUT2D eigenvalue weighted by atomic mass is 10.1. The number of hydrogen-bond acceptors (Lipinski definition) is 3. The molecular weight excluding hydrogens is 250 g/mol. The first-order chi connectivity index (χ1) is 9.76. The van der Waals surface area contributed by atoms with Crippen LogP contribution in [0.15, 0.2) is 24.3 Å². The predicted octanol–water partition coefficient (Wildman–Crippen LogP) is 3.10. The third kappa shape index (κ3) is 3.60. The molecule has 1 aromatic carbocycles. The molecule has 20 heavy (non-hydrogen) atoms. The van der Waals surface area contributed by atoms with Crippen molar-refractivity contribution in [3.63, 3.8) is 0 Å². The van der Waals surface area contributed by atoms with Crippen molar-refractivity contribution in [2.75, 3.05) is 20.2 Å². The largest absolute Gasteiger partial charge is 0.465 e. The van der Waals surface area contributed by atoms with Crippen molar-refractivity contribution in [3.05, 3.63) is 35.4 Å². The third-order valence-corrected chi connectivity index (χ3v) is 4.24. The summed E-state index contributed by atoms with van der Waals surface area (Å²) < 4.78 is 4.89. The molecule has 2 aliphatic carbocycles. The molecule has 3 nitrogen and oxygen atoms in total. The van der Waals surface area contributed by atoms with Gasteiger partial charge in [0.05, 0.1) is 12.7 Å². The highest BCUT2D eigenvalue weighted by atomic mass is 16.5. The smallest absolute Gasteiger partial charge is 0.338 e. The van der Waals surface area contributed by atoms with Gasteiger partial charge < -0.3 is 4.74 Å². The van der Waals surface area contributed by atoms with E-state index in [1.165, 1.54) is 45.9 Å². The number of methoxy groups -OCH3 is 1. The highest BCUT2D eigenvalue weighted by Gasteiger charge is 2.29. The van der Waals surface area contributed by atoms with E-state index in [0.29, 0.717) is 5.56 Å². The van der Waals surface area contributed by atoms with E-state index in [1.807, 2.05) is 18.2 Å². The van der Waals surface area contributed by atoms with Crippen LogP contribution in [-0.2, 0) is 11.3 Å². The van der Waals surface area contributed by atoms with Gasteiger partial charge in [-0.2, -0.15) is 0 Å². The summed E-state index contributed by atoms with van der Waals surface area (Å²) in [5.41, 5.74) is 1.81. The highest BCUT2D eigenvalue weighted by molar-refractivity contribution is 5.90. The second-order valence-corrected chi connectivity index (χ2v) is 6.23. The lowest BCUT2D eigenvalue weighted by Gasteiger charge is -2.23. The van der Waals surface area contributed by atoms with Crippen LogP contribution in [-0.4, -0.2) is 31.1 Å². The molecule has 108 valence electrons. The van der Waals surface area contributed by atoms with Gasteiger partial charge in [0.25, 0.3) is 0 Å². The molecule has 0 N–H and O–H groups in total. The fourth-order valence-corrected chi connectivity index (χ4v) is 2.74. The monoisotopic (exact) mass is 273 g/mol. The van der Waals surface area contributed by atoms with Gasteiger partial charge in [-0.25, -0.2) is 4.79 Å². The quantitative estimate of drug-likeness (QED) is 0.715. The van der Waals surface area contributed by atoms with Crippen LogP contribution in [0.2, 0.25) is 0 Å². The van der Waals surface area contributed by atoms with Gasteiger partial charge in [-0.05, 0) is 49.1 Å². The summed E-state index contributed by atoms with van der Waals surface area (Å²) in [5, 5.41) is 0. The van der Waals surface area contributed by atoms with Crippen LogP contribution in [0.25, 0.3) is 0 Å². The van der Waals surface area contributed by atoms with Gasteiger partial charge in [0.2, 0.25) is 0 Å². The molecule has 0 spiro atoms. The molecule has 0 amide bonds. The minimum atomic E-state index is -0.224. The Bertz CT molecular complexity index is 464. The zero-order valence-corrected chi connectivity index (χ0v) is 12.2. The number of benzene rings is 1. The maximum atomic E-state index is 11.8. The van der Waals surface area contributed by atoms with Crippen molar-refractivity contribution in [1.82, 2.24) is 4.90 Å². The minimum Gasteiger partial charge on any atom is -0.465 e. The molecule has 0 bridgehead atoms. The van der Waals surface area contributed by atoms with Gasteiger partial charge in [-0.3, -0.25) is 4.90 Å². The summed E-state index contributed by atoms with van der Waals surface area (Å²) in [4.78, 5) is 14.4. The summed E-state index contributed by atoms with van der Waals surface area (Å²) in [6, 6.07) is 7.84. The first-order valence-corrected chi connectivity index (χ1v) is 7.65. The van der Waals surface area contributed by atoms with Crippen LogP contribution in [0.3, 0.4) is 0 Å². The first-order valence-electron chi connectivity index (χ1n) is 7.65. The summed E-state index contributed by atoms with van der Waals surface area (Å²) in [7, 11) is 1.45. The third-order valence-electron chi connectivity index (χ3n) is 4.24. The van der Waals surface area contributed by atoms with Crippen LogP contribution >= 0.6 is 0 Å². The minimum absolute atomic E-state index is 0.224. The molecule has 0 saturated heterocycles. The molecule has 0 radical (unpaired) electrons. The lowest BCUT2D eigenvalue weighted by molar-refractivity contribution is 0.0598. The Balaban J connectivity index is 1.70. The summed E-state index contributed by atoms with van der Waals surface area (Å²) in [5.74, 6) is 1.55. The standard InChI is InChI=1S/C17H23NO2/c1-20-17(19)16-5-3-2-4-15(16)12-18(10-13-6-7-13)11-14-8-9-14/h2-5,13-14H,6-12H2,1H3. The van der Waals surface area contributed by atoms with Gasteiger partial charge in [0.1, 0.15) is 0 Å². The zero-order valence-electron chi connectivity index (χ0n) is 12.2. The second-order valence-electron chi connectivity index (χ2n) is 6.23. The molecule has 1 aromatic rings. The summed E-state index contributed by atoms with van der Waals surface area (Å²) in [6.07, 6.45) is 5.50. The summed E-state index contributed by atoms with van der Waals surface area (Å²) >= 11 is 0. The van der Waals surface area contributed by atoms with E-state index in [-0.39, 0.29) is 5.97 Å². The Labute approximate surface area is 120 Å². The van der Waals surface area contributed by atoms with Gasteiger partial charge in [-0.15, -0.1) is 0 Å². The van der Waals surface area contributed by atoms with E-state index >= 15 is 0 Å².